The summed E-state index contributed by atoms with van der Waals surface area (Å²) in [6, 6.07) is 3.67. The third-order valence-corrected chi connectivity index (χ3v) is 3.50. The van der Waals surface area contributed by atoms with E-state index in [2.05, 4.69) is 9.97 Å². The summed E-state index contributed by atoms with van der Waals surface area (Å²) in [5, 5.41) is 0. The smallest absolute Gasteiger partial charge is 0.221 e. The number of anilines is 2. The molecule has 8 nitrogen and oxygen atoms in total. The minimum absolute atomic E-state index is 0. The van der Waals surface area contributed by atoms with E-state index in [4.69, 9.17) is 25.7 Å². The van der Waals surface area contributed by atoms with Crippen molar-refractivity contribution in [3.8, 4) is 17.2 Å². The van der Waals surface area contributed by atoms with E-state index in [1.165, 1.54) is 0 Å². The molecular formula is C17H21N4O4Y-. The van der Waals surface area contributed by atoms with Gasteiger partial charge < -0.3 is 30.5 Å². The zero-order valence-electron chi connectivity index (χ0n) is 14.8. The Labute approximate surface area is 177 Å². The van der Waals surface area contributed by atoms with Gasteiger partial charge in [0.2, 0.25) is 11.7 Å². The third kappa shape index (κ3) is 5.81. The number of rotatable bonds is 9. The number of hydrogen-bond acceptors (Lipinski definition) is 8. The van der Waals surface area contributed by atoms with Crippen molar-refractivity contribution >= 4 is 18.1 Å². The Bertz CT molecular complexity index is 718. The average Bonchev–Trinajstić information content (AvgIpc) is 2.61. The molecule has 0 atom stereocenters. The van der Waals surface area contributed by atoms with Crippen LogP contribution in [0.15, 0.2) is 18.3 Å². The quantitative estimate of drug-likeness (QED) is 0.450. The number of benzene rings is 1. The monoisotopic (exact) mass is 434 g/mol. The van der Waals surface area contributed by atoms with Gasteiger partial charge >= 0.3 is 0 Å². The van der Waals surface area contributed by atoms with Gasteiger partial charge in [-0.1, -0.05) is 0 Å². The summed E-state index contributed by atoms with van der Waals surface area (Å²) < 4.78 is 16.5. The fourth-order valence-electron chi connectivity index (χ4n) is 2.29. The number of nitrogens with two attached hydrogens (primary N) is 2. The molecule has 2 aromatic rings. The minimum atomic E-state index is 0. The number of carbonyl (C=O) groups excluding carboxylic acids is 1. The van der Waals surface area contributed by atoms with Crippen LogP contribution in [0.25, 0.3) is 0 Å². The van der Waals surface area contributed by atoms with Crippen molar-refractivity contribution < 1.29 is 51.7 Å². The Morgan fingerprint density at radius 3 is 2.35 bits per heavy atom. The van der Waals surface area contributed by atoms with Crippen LogP contribution in [-0.4, -0.2) is 37.1 Å². The van der Waals surface area contributed by atoms with Crippen molar-refractivity contribution in [1.29, 1.82) is 0 Å². The van der Waals surface area contributed by atoms with Crippen LogP contribution in [0.5, 0.6) is 17.2 Å². The molecule has 0 aliphatic rings. The summed E-state index contributed by atoms with van der Waals surface area (Å²) >= 11 is 0. The molecule has 2 rings (SSSR count). The Morgan fingerprint density at radius 2 is 1.81 bits per heavy atom. The molecule has 1 aromatic heterocycles. The first-order chi connectivity index (χ1) is 12.1. The molecule has 4 N–H and O–H groups in total. The first-order valence-electron chi connectivity index (χ1n) is 7.68. The third-order valence-electron chi connectivity index (χ3n) is 3.50. The van der Waals surface area contributed by atoms with Crippen molar-refractivity contribution in [2.75, 3.05) is 32.3 Å². The van der Waals surface area contributed by atoms with Gasteiger partial charge in [-0.3, -0.25) is 6.29 Å². The Morgan fingerprint density at radius 1 is 1.15 bits per heavy atom. The molecule has 0 fully saturated rings. The predicted octanol–water partition coefficient (Wildman–Crippen LogP) is 1.52. The molecule has 1 heterocycles. The number of nitrogens with zero attached hydrogens (tertiary/aromatic N) is 2. The summed E-state index contributed by atoms with van der Waals surface area (Å²) in [6.45, 7) is 0.361. The maximum Gasteiger partial charge on any atom is 0.221 e. The van der Waals surface area contributed by atoms with Gasteiger partial charge in [-0.15, -0.1) is 6.42 Å². The van der Waals surface area contributed by atoms with Crippen LogP contribution in [-0.2, 0) is 43.9 Å². The fourth-order valence-corrected chi connectivity index (χ4v) is 2.29. The largest absolute Gasteiger partial charge is 0.542 e. The average molecular weight is 434 g/mol. The van der Waals surface area contributed by atoms with E-state index in [1.807, 2.05) is 18.4 Å². The molecular weight excluding hydrogens is 413 g/mol. The molecule has 0 amide bonds. The normalized spacial score (nSPS) is 9.92. The van der Waals surface area contributed by atoms with Gasteiger partial charge in [0.25, 0.3) is 0 Å². The van der Waals surface area contributed by atoms with Gasteiger partial charge in [-0.05, 0) is 24.1 Å². The zero-order chi connectivity index (χ0) is 18.2. The van der Waals surface area contributed by atoms with Crippen molar-refractivity contribution in [1.82, 2.24) is 9.97 Å². The first kappa shape index (κ1) is 22.1. The van der Waals surface area contributed by atoms with Crippen molar-refractivity contribution in [2.45, 2.75) is 19.3 Å². The van der Waals surface area contributed by atoms with Gasteiger partial charge in [-0.2, -0.15) is 4.98 Å². The fraction of sp³-hybridized carbons (Fsp3) is 0.353. The van der Waals surface area contributed by atoms with Crippen LogP contribution in [0.1, 0.15) is 24.0 Å². The van der Waals surface area contributed by atoms with Crippen LogP contribution in [0.3, 0.4) is 0 Å². The van der Waals surface area contributed by atoms with Crippen LogP contribution in [0.4, 0.5) is 11.8 Å². The molecule has 0 unspecified atom stereocenters. The summed E-state index contributed by atoms with van der Waals surface area (Å²) in [6.07, 6.45) is 4.80. The molecule has 0 aliphatic carbocycles. The molecule has 9 heteroatoms. The molecule has 0 spiro atoms. The van der Waals surface area contributed by atoms with Gasteiger partial charge in [0, 0.05) is 50.9 Å². The number of aromatic nitrogens is 2. The molecule has 0 bridgehead atoms. The molecule has 0 saturated carbocycles. The van der Waals surface area contributed by atoms with Crippen LogP contribution < -0.4 is 25.7 Å². The Kier molecular flexibility index (Phi) is 9.30. The molecule has 26 heavy (non-hydrogen) atoms. The van der Waals surface area contributed by atoms with Crippen LogP contribution >= 0.6 is 0 Å². The SMILES string of the molecule is COc1cc(Cc2cnc(N)nc2N)cc(OC)c1OCCC[C-]=O.[Y]. The number of nitrogen functional groups attached to an aromatic ring is 2. The summed E-state index contributed by atoms with van der Waals surface area (Å²) in [5.74, 6) is 2.00. The van der Waals surface area contributed by atoms with Gasteiger partial charge in [0.05, 0.1) is 20.8 Å². The van der Waals surface area contributed by atoms with E-state index >= 15 is 0 Å². The number of hydrogen-bond donors (Lipinski definition) is 2. The molecule has 1 aromatic carbocycles. The first-order valence-corrected chi connectivity index (χ1v) is 7.68. The second kappa shape index (κ2) is 10.9. The van der Waals surface area contributed by atoms with Crippen LogP contribution in [0, 0.1) is 0 Å². The van der Waals surface area contributed by atoms with Crippen molar-refractivity contribution in [3.05, 3.63) is 29.5 Å². The molecule has 137 valence electrons. The van der Waals surface area contributed by atoms with Crippen molar-refractivity contribution in [2.24, 2.45) is 0 Å². The van der Waals surface area contributed by atoms with Crippen molar-refractivity contribution in [3.63, 3.8) is 0 Å². The zero-order valence-corrected chi connectivity index (χ0v) is 17.7. The minimum Gasteiger partial charge on any atom is -0.542 e. The molecule has 0 saturated heterocycles. The standard InChI is InChI=1S/C17H21N4O4.Y/c1-23-13-8-11(7-12-10-20-17(19)21-16(12)18)9-14(24-2)15(13)25-6-4-3-5-22;/h8-10H,3-4,6-7H2,1-2H3,(H4,18,19,20,21);/q-1;. The second-order valence-electron chi connectivity index (χ2n) is 5.24. The van der Waals surface area contributed by atoms with E-state index < -0.39 is 0 Å². The van der Waals surface area contributed by atoms with E-state index in [9.17, 15) is 4.79 Å². The summed E-state index contributed by atoms with van der Waals surface area (Å²) in [5.41, 5.74) is 13.0. The second-order valence-corrected chi connectivity index (χ2v) is 5.24. The number of methoxy groups -OCH3 is 2. The predicted molar refractivity (Wildman–Crippen MR) is 93.6 cm³/mol. The van der Waals surface area contributed by atoms with Gasteiger partial charge in [0.15, 0.2) is 11.5 Å². The van der Waals surface area contributed by atoms with E-state index in [1.54, 1.807) is 20.4 Å². The maximum atomic E-state index is 10.3. The molecule has 0 aliphatic heterocycles. The number of unbranched alkanes of at least 4 members (excludes halogenated alkanes) is 1. The molecule has 1 radical (unpaired) electrons. The van der Waals surface area contributed by atoms with Gasteiger partial charge in [0.1, 0.15) is 5.82 Å². The topological polar surface area (TPSA) is 123 Å². The maximum absolute atomic E-state index is 10.3. The Balaban J connectivity index is 0.00000338. The number of ether oxygens (including phenoxy) is 3. The van der Waals surface area contributed by atoms with Crippen LogP contribution in [0.2, 0.25) is 0 Å². The summed E-state index contributed by atoms with van der Waals surface area (Å²) in [7, 11) is 3.09. The van der Waals surface area contributed by atoms with E-state index in [0.717, 1.165) is 11.1 Å². The Hall–Kier alpha value is -1.93. The van der Waals surface area contributed by atoms with Gasteiger partial charge in [-0.25, -0.2) is 4.98 Å². The summed E-state index contributed by atoms with van der Waals surface area (Å²) in [4.78, 5) is 18.2. The van der Waals surface area contributed by atoms with E-state index in [0.29, 0.717) is 48.9 Å². The van der Waals surface area contributed by atoms with E-state index in [-0.39, 0.29) is 38.7 Å².